The van der Waals surface area contributed by atoms with E-state index in [-0.39, 0.29) is 5.41 Å². The molecule has 2 aromatic heterocycles. The lowest BCUT2D eigenvalue weighted by atomic mass is 9.82. The van der Waals surface area contributed by atoms with Gasteiger partial charge in [-0.25, -0.2) is 0 Å². The maximum atomic E-state index is 10.9. The third-order valence-electron chi connectivity index (χ3n) is 11.2. The summed E-state index contributed by atoms with van der Waals surface area (Å²) in [4.78, 5) is 2.16. The van der Waals surface area contributed by atoms with Crippen LogP contribution in [0, 0.1) is 22.7 Å². The van der Waals surface area contributed by atoms with Crippen LogP contribution in [0.4, 0.5) is 11.4 Å². The van der Waals surface area contributed by atoms with E-state index in [0.717, 1.165) is 43.3 Å². The maximum absolute atomic E-state index is 10.9. The van der Waals surface area contributed by atoms with Crippen molar-refractivity contribution in [2.75, 3.05) is 11.4 Å². The SMILES string of the molecule is C=C1/C=C\C=C/CN(c2cc(C#N)c(-n3c4ccccc4c4cc5c(cc43)C(C)(C)c3ccccc3-5)cc2C#N)c2cc3sc4ccccc4c3cc21. The molecule has 0 bridgehead atoms. The summed E-state index contributed by atoms with van der Waals surface area (Å²) in [5, 5.41) is 26.4. The minimum absolute atomic E-state index is 0.190. The van der Waals surface area contributed by atoms with Gasteiger partial charge in [0.25, 0.3) is 0 Å². The molecule has 2 aliphatic rings. The summed E-state index contributed by atoms with van der Waals surface area (Å²) in [6.45, 7) is 9.55. The maximum Gasteiger partial charge on any atom is 0.101 e. The smallest absolute Gasteiger partial charge is 0.101 e. The van der Waals surface area contributed by atoms with Crippen molar-refractivity contribution >= 4 is 70.3 Å². The van der Waals surface area contributed by atoms with Gasteiger partial charge < -0.3 is 9.47 Å². The number of allylic oxidation sites excluding steroid dienone is 4. The number of hydrogen-bond donors (Lipinski definition) is 0. The van der Waals surface area contributed by atoms with Crippen LogP contribution >= 0.6 is 11.3 Å². The standard InChI is InChI=1S/C48H32N4S/c1-29-13-5-4-12-20-51(44-26-47-38(23-35(29)44)34-16-8-11-19-46(34)53-47)42-21-31(28-50)43(22-30(42)27-49)52-41-18-10-7-15-33(41)37-24-36-32-14-6-9-17-39(32)48(2,3)40(36)25-45(37)52/h4-19,21-26H,1,20H2,2-3H3/b12-4-,13-5-. The lowest BCUT2D eigenvalue weighted by molar-refractivity contribution is 0.661. The minimum atomic E-state index is -0.190. The van der Waals surface area contributed by atoms with E-state index in [4.69, 9.17) is 0 Å². The molecule has 250 valence electrons. The summed E-state index contributed by atoms with van der Waals surface area (Å²) in [6.07, 6.45) is 8.15. The van der Waals surface area contributed by atoms with Gasteiger partial charge in [0.15, 0.2) is 0 Å². The van der Waals surface area contributed by atoms with Gasteiger partial charge >= 0.3 is 0 Å². The van der Waals surface area contributed by atoms with E-state index < -0.39 is 0 Å². The minimum Gasteiger partial charge on any atom is -0.336 e. The van der Waals surface area contributed by atoms with Crippen LogP contribution in [-0.4, -0.2) is 11.1 Å². The highest BCUT2D eigenvalue weighted by Gasteiger charge is 2.36. The number of nitrogens with zero attached hydrogens (tertiary/aromatic N) is 4. The van der Waals surface area contributed by atoms with E-state index in [1.807, 2.05) is 36.4 Å². The third-order valence-corrected chi connectivity index (χ3v) is 12.4. The van der Waals surface area contributed by atoms with E-state index in [1.54, 1.807) is 11.3 Å². The zero-order chi connectivity index (χ0) is 36.0. The van der Waals surface area contributed by atoms with Crippen LogP contribution in [0.3, 0.4) is 0 Å². The van der Waals surface area contributed by atoms with Crippen molar-refractivity contribution in [2.24, 2.45) is 0 Å². The Kier molecular flexibility index (Phi) is 6.70. The van der Waals surface area contributed by atoms with Crippen molar-refractivity contribution < 1.29 is 0 Å². The Morgan fingerprint density at radius 3 is 2.19 bits per heavy atom. The number of aromatic nitrogens is 1. The highest BCUT2D eigenvalue weighted by molar-refractivity contribution is 7.25. The number of thiophene rings is 1. The van der Waals surface area contributed by atoms with Crippen LogP contribution in [0.25, 0.3) is 64.4 Å². The van der Waals surface area contributed by atoms with Gasteiger partial charge in [-0.15, -0.1) is 11.3 Å². The molecular formula is C48H32N4S. The molecule has 4 nitrogen and oxygen atoms in total. The van der Waals surface area contributed by atoms with E-state index in [9.17, 15) is 10.5 Å². The van der Waals surface area contributed by atoms with Crippen LogP contribution < -0.4 is 4.90 Å². The van der Waals surface area contributed by atoms with Crippen LogP contribution in [0.2, 0.25) is 0 Å². The Labute approximate surface area is 311 Å². The van der Waals surface area contributed by atoms with Crippen molar-refractivity contribution in [1.29, 1.82) is 10.5 Å². The fraction of sp³-hybridized carbons (Fsp3) is 0.0833. The molecule has 0 spiro atoms. The molecule has 1 aliphatic heterocycles. The van der Waals surface area contributed by atoms with Crippen LogP contribution in [0.5, 0.6) is 0 Å². The number of rotatable bonds is 2. The Morgan fingerprint density at radius 1 is 0.623 bits per heavy atom. The lowest BCUT2D eigenvalue weighted by Crippen LogP contribution is -2.20. The summed E-state index contributed by atoms with van der Waals surface area (Å²) < 4.78 is 4.57. The first kappa shape index (κ1) is 31.1. The van der Waals surface area contributed by atoms with E-state index in [0.29, 0.717) is 29.0 Å². The Hall–Kier alpha value is -6.66. The summed E-state index contributed by atoms with van der Waals surface area (Å²) >= 11 is 1.76. The largest absolute Gasteiger partial charge is 0.336 e. The fourth-order valence-electron chi connectivity index (χ4n) is 8.66. The molecule has 0 fully saturated rings. The van der Waals surface area contributed by atoms with Gasteiger partial charge in [-0.1, -0.05) is 105 Å². The molecule has 0 N–H and O–H groups in total. The molecular weight excluding hydrogens is 665 g/mol. The number of benzene rings is 6. The average molecular weight is 697 g/mol. The second-order valence-electron chi connectivity index (χ2n) is 14.4. The van der Waals surface area contributed by atoms with Crippen LogP contribution in [0.15, 0.2) is 140 Å². The molecule has 53 heavy (non-hydrogen) atoms. The topological polar surface area (TPSA) is 55.8 Å². The quantitative estimate of drug-likeness (QED) is 0.181. The number of fused-ring (bicyclic) bond motifs is 10. The van der Waals surface area contributed by atoms with Gasteiger partial charge in [0.2, 0.25) is 0 Å². The van der Waals surface area contributed by atoms with Crippen molar-refractivity contribution in [1.82, 2.24) is 4.57 Å². The predicted octanol–water partition coefficient (Wildman–Crippen LogP) is 12.5. The molecule has 0 saturated heterocycles. The highest BCUT2D eigenvalue weighted by atomic mass is 32.1. The normalized spacial score (nSPS) is 15.7. The molecule has 3 heterocycles. The van der Waals surface area contributed by atoms with E-state index >= 15 is 0 Å². The molecule has 1 aliphatic carbocycles. The molecule has 0 amide bonds. The highest BCUT2D eigenvalue weighted by Crippen LogP contribution is 2.51. The number of para-hydroxylation sites is 1. The van der Waals surface area contributed by atoms with Crippen LogP contribution in [-0.2, 0) is 5.41 Å². The summed E-state index contributed by atoms with van der Waals surface area (Å²) in [5.74, 6) is 0. The van der Waals surface area contributed by atoms with Crippen molar-refractivity contribution in [2.45, 2.75) is 19.3 Å². The summed E-state index contributed by atoms with van der Waals surface area (Å²) in [5.41, 5.74) is 12.1. The predicted molar refractivity (Wildman–Crippen MR) is 221 cm³/mol. The van der Waals surface area contributed by atoms with Gasteiger partial charge in [-0.05, 0) is 76.4 Å². The number of nitriles is 2. The average Bonchev–Trinajstić information content (AvgIpc) is 3.80. The monoisotopic (exact) mass is 696 g/mol. The molecule has 0 saturated carbocycles. The van der Waals surface area contributed by atoms with Gasteiger partial charge in [0, 0.05) is 48.5 Å². The van der Waals surface area contributed by atoms with Crippen molar-refractivity contribution in [3.05, 3.63) is 168 Å². The number of hydrogen-bond acceptors (Lipinski definition) is 4. The fourth-order valence-corrected chi connectivity index (χ4v) is 9.78. The van der Waals surface area contributed by atoms with E-state index in [2.05, 4.69) is 139 Å². The van der Waals surface area contributed by atoms with E-state index in [1.165, 1.54) is 37.7 Å². The molecule has 0 radical (unpaired) electrons. The van der Waals surface area contributed by atoms with Gasteiger partial charge in [-0.2, -0.15) is 10.5 Å². The first-order valence-corrected chi connectivity index (χ1v) is 18.6. The Bertz CT molecular complexity index is 3060. The first-order chi connectivity index (χ1) is 25.9. The third kappa shape index (κ3) is 4.45. The molecule has 8 aromatic rings. The second-order valence-corrected chi connectivity index (χ2v) is 15.5. The van der Waals surface area contributed by atoms with Gasteiger partial charge in [0.05, 0.1) is 39.2 Å². The summed E-state index contributed by atoms with van der Waals surface area (Å²) in [6, 6.07) is 43.5. The molecule has 0 unspecified atom stereocenters. The first-order valence-electron chi connectivity index (χ1n) is 17.8. The number of anilines is 2. The Balaban J connectivity index is 1.22. The summed E-state index contributed by atoms with van der Waals surface area (Å²) in [7, 11) is 0. The molecule has 0 atom stereocenters. The molecule has 10 rings (SSSR count). The van der Waals surface area contributed by atoms with Crippen molar-refractivity contribution in [3.8, 4) is 29.0 Å². The van der Waals surface area contributed by atoms with Gasteiger partial charge in [0.1, 0.15) is 12.1 Å². The lowest BCUT2D eigenvalue weighted by Gasteiger charge is -2.28. The van der Waals surface area contributed by atoms with Crippen LogP contribution in [0.1, 0.15) is 41.7 Å². The molecule has 6 aromatic carbocycles. The second kappa shape index (κ2) is 11.4. The Morgan fingerprint density at radius 2 is 1.34 bits per heavy atom. The zero-order valence-corrected chi connectivity index (χ0v) is 30.1. The zero-order valence-electron chi connectivity index (χ0n) is 29.3. The van der Waals surface area contributed by atoms with Crippen molar-refractivity contribution in [3.63, 3.8) is 0 Å². The molecule has 5 heteroatoms. The van der Waals surface area contributed by atoms with Gasteiger partial charge in [-0.3, -0.25) is 0 Å².